The Labute approximate surface area is 83.4 Å². The van der Waals surface area contributed by atoms with Crippen LogP contribution < -0.4 is 5.73 Å². The van der Waals surface area contributed by atoms with Crippen molar-refractivity contribution in [3.8, 4) is 0 Å². The number of imidazole rings is 1. The number of thiocarbonyl (C=S) groups is 1. The van der Waals surface area contributed by atoms with Crippen LogP contribution in [0.4, 0.5) is 0 Å². The highest BCUT2D eigenvalue weighted by Crippen LogP contribution is 2.04. The maximum Gasteiger partial charge on any atom is 0.0948 e. The summed E-state index contributed by atoms with van der Waals surface area (Å²) in [6.07, 6.45) is 2.40. The lowest BCUT2D eigenvalue weighted by atomic mass is 10.2. The summed E-state index contributed by atoms with van der Waals surface area (Å²) in [6, 6.07) is 0. The van der Waals surface area contributed by atoms with Crippen LogP contribution in [-0.4, -0.2) is 14.5 Å². The van der Waals surface area contributed by atoms with E-state index < -0.39 is 0 Å². The van der Waals surface area contributed by atoms with Crippen LogP contribution in [0.1, 0.15) is 11.4 Å². The molecule has 0 spiro atoms. The maximum atomic E-state index is 5.41. The van der Waals surface area contributed by atoms with Crippen LogP contribution in [0.3, 0.4) is 0 Å². The second kappa shape index (κ2) is 4.42. The Bertz CT molecular complexity index is 263. The molecule has 0 saturated heterocycles. The number of hydrogen-bond acceptors (Lipinski definition) is 2. The molecule has 0 fully saturated rings. The normalized spacial score (nSPS) is 9.17. The fourth-order valence-electron chi connectivity index (χ4n) is 0.990. The van der Waals surface area contributed by atoms with Crippen molar-refractivity contribution in [2.45, 2.75) is 13.3 Å². The number of aromatic nitrogens is 2. The Balaban J connectivity index is 0.00000121. The number of nitrogens with zero attached hydrogens (tertiary/aromatic N) is 2. The van der Waals surface area contributed by atoms with Gasteiger partial charge in [-0.15, -0.1) is 12.4 Å². The molecule has 0 aliphatic rings. The molecule has 1 heterocycles. The summed E-state index contributed by atoms with van der Waals surface area (Å²) in [5, 5.41) is 0. The molecule has 3 nitrogen and oxygen atoms in total. The van der Waals surface area contributed by atoms with Crippen LogP contribution in [0.25, 0.3) is 0 Å². The summed E-state index contributed by atoms with van der Waals surface area (Å²) in [5.74, 6) is 0. The molecular weight excluding hydrogens is 194 g/mol. The van der Waals surface area contributed by atoms with Gasteiger partial charge in [0.05, 0.1) is 17.0 Å². The number of hydrogen-bond donors (Lipinski definition) is 1. The van der Waals surface area contributed by atoms with E-state index in [1.165, 1.54) is 0 Å². The SMILES string of the molecule is Cc1ncn(C)c1CC(N)=S.Cl. The van der Waals surface area contributed by atoms with Crippen LogP contribution in [0.2, 0.25) is 0 Å². The minimum Gasteiger partial charge on any atom is -0.393 e. The first kappa shape index (κ1) is 11.4. The van der Waals surface area contributed by atoms with E-state index in [0.29, 0.717) is 11.4 Å². The first-order valence-corrected chi connectivity index (χ1v) is 3.77. The first-order chi connectivity index (χ1) is 5.11. The summed E-state index contributed by atoms with van der Waals surface area (Å²) in [4.78, 5) is 4.63. The van der Waals surface area contributed by atoms with Crippen molar-refractivity contribution < 1.29 is 0 Å². The van der Waals surface area contributed by atoms with E-state index in [9.17, 15) is 0 Å². The molecule has 0 bridgehead atoms. The summed E-state index contributed by atoms with van der Waals surface area (Å²) >= 11 is 4.80. The number of halogens is 1. The molecule has 0 aliphatic heterocycles. The molecule has 0 aliphatic carbocycles. The van der Waals surface area contributed by atoms with Gasteiger partial charge in [-0.05, 0) is 6.92 Å². The molecule has 2 N–H and O–H groups in total. The minimum absolute atomic E-state index is 0. The lowest BCUT2D eigenvalue weighted by Crippen LogP contribution is -2.14. The minimum atomic E-state index is 0. The summed E-state index contributed by atoms with van der Waals surface area (Å²) in [5.41, 5.74) is 7.51. The van der Waals surface area contributed by atoms with Crippen LogP contribution in [-0.2, 0) is 13.5 Å². The van der Waals surface area contributed by atoms with Gasteiger partial charge in [0.15, 0.2) is 0 Å². The van der Waals surface area contributed by atoms with E-state index in [2.05, 4.69) is 4.98 Å². The zero-order valence-corrected chi connectivity index (χ0v) is 8.71. The van der Waals surface area contributed by atoms with Crippen molar-refractivity contribution >= 4 is 29.6 Å². The van der Waals surface area contributed by atoms with Gasteiger partial charge in [0.1, 0.15) is 0 Å². The molecule has 0 amide bonds. The quantitative estimate of drug-likeness (QED) is 0.733. The molecule has 1 rings (SSSR count). The molecule has 0 saturated carbocycles. The third-order valence-electron chi connectivity index (χ3n) is 1.61. The number of rotatable bonds is 2. The van der Waals surface area contributed by atoms with Gasteiger partial charge in [-0.2, -0.15) is 0 Å². The van der Waals surface area contributed by atoms with Crippen molar-refractivity contribution in [1.82, 2.24) is 9.55 Å². The van der Waals surface area contributed by atoms with Crippen molar-refractivity contribution in [2.24, 2.45) is 12.8 Å². The van der Waals surface area contributed by atoms with E-state index in [1.54, 1.807) is 6.33 Å². The highest BCUT2D eigenvalue weighted by atomic mass is 35.5. The lowest BCUT2D eigenvalue weighted by Gasteiger charge is -2.00. The lowest BCUT2D eigenvalue weighted by molar-refractivity contribution is 0.856. The average Bonchev–Trinajstić information content (AvgIpc) is 2.18. The predicted octanol–water partition coefficient (Wildman–Crippen LogP) is 0.979. The zero-order chi connectivity index (χ0) is 8.43. The van der Waals surface area contributed by atoms with Crippen LogP contribution in [0.15, 0.2) is 6.33 Å². The Morgan fingerprint density at radius 2 is 2.33 bits per heavy atom. The smallest absolute Gasteiger partial charge is 0.0948 e. The highest BCUT2D eigenvalue weighted by molar-refractivity contribution is 7.80. The highest BCUT2D eigenvalue weighted by Gasteiger charge is 2.04. The Morgan fingerprint density at radius 1 is 1.75 bits per heavy atom. The fraction of sp³-hybridized carbons (Fsp3) is 0.429. The molecule has 0 aromatic carbocycles. The van der Waals surface area contributed by atoms with Gasteiger partial charge in [-0.3, -0.25) is 0 Å². The van der Waals surface area contributed by atoms with E-state index in [-0.39, 0.29) is 12.4 Å². The van der Waals surface area contributed by atoms with Crippen molar-refractivity contribution in [1.29, 1.82) is 0 Å². The van der Waals surface area contributed by atoms with Gasteiger partial charge in [0, 0.05) is 19.2 Å². The van der Waals surface area contributed by atoms with Crippen molar-refractivity contribution in [3.63, 3.8) is 0 Å². The molecule has 0 atom stereocenters. The average molecular weight is 206 g/mol. The second-order valence-electron chi connectivity index (χ2n) is 2.53. The van der Waals surface area contributed by atoms with E-state index in [4.69, 9.17) is 18.0 Å². The molecule has 5 heteroatoms. The maximum absolute atomic E-state index is 5.41. The third kappa shape index (κ3) is 2.46. The molecule has 0 radical (unpaired) electrons. The van der Waals surface area contributed by atoms with Crippen LogP contribution >= 0.6 is 24.6 Å². The van der Waals surface area contributed by atoms with Gasteiger partial charge < -0.3 is 10.3 Å². The van der Waals surface area contributed by atoms with Gasteiger partial charge >= 0.3 is 0 Å². The van der Waals surface area contributed by atoms with E-state index in [1.807, 2.05) is 18.5 Å². The largest absolute Gasteiger partial charge is 0.393 e. The zero-order valence-electron chi connectivity index (χ0n) is 7.07. The van der Waals surface area contributed by atoms with Gasteiger partial charge in [-0.1, -0.05) is 12.2 Å². The summed E-state index contributed by atoms with van der Waals surface area (Å²) in [6.45, 7) is 1.95. The third-order valence-corrected chi connectivity index (χ3v) is 1.75. The Kier molecular flexibility index (Phi) is 4.20. The topological polar surface area (TPSA) is 43.8 Å². The van der Waals surface area contributed by atoms with E-state index in [0.717, 1.165) is 11.4 Å². The van der Waals surface area contributed by atoms with Crippen LogP contribution in [0.5, 0.6) is 0 Å². The monoisotopic (exact) mass is 205 g/mol. The molecule has 68 valence electrons. The number of aryl methyl sites for hydroxylation is 2. The van der Waals surface area contributed by atoms with Crippen molar-refractivity contribution in [2.75, 3.05) is 0 Å². The first-order valence-electron chi connectivity index (χ1n) is 3.36. The van der Waals surface area contributed by atoms with Gasteiger partial charge in [0.2, 0.25) is 0 Å². The van der Waals surface area contributed by atoms with E-state index >= 15 is 0 Å². The fourth-order valence-corrected chi connectivity index (χ4v) is 1.13. The summed E-state index contributed by atoms with van der Waals surface area (Å²) in [7, 11) is 1.94. The Hall–Kier alpha value is -0.610. The second-order valence-corrected chi connectivity index (χ2v) is 3.06. The van der Waals surface area contributed by atoms with Gasteiger partial charge in [-0.25, -0.2) is 4.98 Å². The molecule has 12 heavy (non-hydrogen) atoms. The van der Waals surface area contributed by atoms with Crippen LogP contribution in [0, 0.1) is 6.92 Å². The molecule has 0 unspecified atom stereocenters. The standard InChI is InChI=1S/C7H11N3S.ClH/c1-5-6(3-7(8)11)10(2)4-9-5;/h4H,3H2,1-2H3,(H2,8,11);1H. The van der Waals surface area contributed by atoms with Gasteiger partial charge in [0.25, 0.3) is 0 Å². The Morgan fingerprint density at radius 3 is 2.67 bits per heavy atom. The summed E-state index contributed by atoms with van der Waals surface area (Å²) < 4.78 is 1.94. The predicted molar refractivity (Wildman–Crippen MR) is 55.7 cm³/mol. The molecule has 1 aromatic rings. The number of nitrogens with two attached hydrogens (primary N) is 1. The molecular formula is C7H12ClN3S. The molecule has 1 aromatic heterocycles. The van der Waals surface area contributed by atoms with Crippen molar-refractivity contribution in [3.05, 3.63) is 17.7 Å².